The van der Waals surface area contributed by atoms with Gasteiger partial charge in [-0.3, -0.25) is 4.79 Å². The van der Waals surface area contributed by atoms with E-state index in [1.807, 2.05) is 49.2 Å². The predicted octanol–water partition coefficient (Wildman–Crippen LogP) is 2.39. The first-order valence-electron chi connectivity index (χ1n) is 10.1. The molecule has 2 aliphatic rings. The van der Waals surface area contributed by atoms with Crippen molar-refractivity contribution < 1.29 is 9.90 Å². The largest absolute Gasteiger partial charge is 0.393 e. The van der Waals surface area contributed by atoms with Crippen LogP contribution in [0.15, 0.2) is 30.3 Å². The van der Waals surface area contributed by atoms with Crippen molar-refractivity contribution in [1.82, 2.24) is 19.7 Å². The summed E-state index contributed by atoms with van der Waals surface area (Å²) in [6, 6.07) is 9.65. The van der Waals surface area contributed by atoms with Crippen molar-refractivity contribution in [2.75, 3.05) is 7.05 Å². The van der Waals surface area contributed by atoms with E-state index in [1.165, 1.54) is 0 Å². The Morgan fingerprint density at radius 2 is 1.86 bits per heavy atom. The zero-order valence-electron chi connectivity index (χ0n) is 16.9. The number of hydrogen-bond acceptors (Lipinski definition) is 5. The summed E-state index contributed by atoms with van der Waals surface area (Å²) in [5.74, 6) is 2.33. The Bertz CT molecular complexity index is 827. The molecule has 0 spiro atoms. The number of hydrogen-bond donors (Lipinski definition) is 2. The van der Waals surface area contributed by atoms with Crippen LogP contribution < -0.4 is 5.73 Å². The number of benzene rings is 1. The zero-order chi connectivity index (χ0) is 19.8. The molecule has 1 amide bonds. The second-order valence-corrected chi connectivity index (χ2v) is 8.38. The molecule has 0 aliphatic heterocycles. The lowest BCUT2D eigenvalue weighted by molar-refractivity contribution is -0.132. The number of aliphatic hydroxyl groups excluding tert-OH is 1. The van der Waals surface area contributed by atoms with Crippen molar-refractivity contribution in [3.05, 3.63) is 36.2 Å². The molecule has 1 aromatic heterocycles. The molecule has 2 fully saturated rings. The van der Waals surface area contributed by atoms with Crippen LogP contribution in [-0.2, 0) is 11.3 Å². The SMILES string of the molecule is C[C@H](N)c1nc(-c2ccccc2)nn1CC(=O)N(C)C1C[C@H]2CC(O)C[C@H]2C1.Cl. The van der Waals surface area contributed by atoms with Gasteiger partial charge < -0.3 is 15.7 Å². The average molecular weight is 420 g/mol. The zero-order valence-corrected chi connectivity index (χ0v) is 17.8. The second kappa shape index (κ2) is 8.81. The summed E-state index contributed by atoms with van der Waals surface area (Å²) in [5, 5.41) is 14.4. The van der Waals surface area contributed by atoms with Gasteiger partial charge in [-0.05, 0) is 44.4 Å². The maximum absolute atomic E-state index is 13.0. The first-order chi connectivity index (χ1) is 13.4. The fourth-order valence-corrected chi connectivity index (χ4v) is 4.83. The highest BCUT2D eigenvalue weighted by molar-refractivity contribution is 5.85. The highest BCUT2D eigenvalue weighted by Gasteiger charge is 2.43. The van der Waals surface area contributed by atoms with Gasteiger partial charge in [-0.2, -0.15) is 5.10 Å². The van der Waals surface area contributed by atoms with Crippen LogP contribution in [0.4, 0.5) is 0 Å². The van der Waals surface area contributed by atoms with E-state index in [1.54, 1.807) is 4.68 Å². The van der Waals surface area contributed by atoms with E-state index >= 15 is 0 Å². The highest BCUT2D eigenvalue weighted by Crippen LogP contribution is 2.45. The molecule has 0 bridgehead atoms. The second-order valence-electron chi connectivity index (χ2n) is 8.38. The number of aromatic nitrogens is 3. The lowest BCUT2D eigenvalue weighted by Crippen LogP contribution is -2.38. The first-order valence-corrected chi connectivity index (χ1v) is 10.1. The number of carbonyl (C=O) groups excluding carboxylic acids is 1. The quantitative estimate of drug-likeness (QED) is 0.775. The van der Waals surface area contributed by atoms with Crippen molar-refractivity contribution in [2.45, 2.75) is 57.3 Å². The molecular weight excluding hydrogens is 390 g/mol. The molecule has 4 rings (SSSR count). The molecule has 158 valence electrons. The van der Waals surface area contributed by atoms with E-state index in [-0.39, 0.29) is 43.0 Å². The number of rotatable bonds is 5. The summed E-state index contributed by atoms with van der Waals surface area (Å²) in [6.07, 6.45) is 3.56. The molecular formula is C21H30ClN5O2. The number of carbonyl (C=O) groups is 1. The first kappa shape index (κ1) is 21.7. The average Bonchev–Trinajstić information content (AvgIpc) is 3.34. The Morgan fingerprint density at radius 1 is 1.24 bits per heavy atom. The van der Waals surface area contributed by atoms with Gasteiger partial charge in [0.05, 0.1) is 12.1 Å². The number of amides is 1. The van der Waals surface area contributed by atoms with Gasteiger partial charge in [-0.1, -0.05) is 30.3 Å². The summed E-state index contributed by atoms with van der Waals surface area (Å²) >= 11 is 0. The Labute approximate surface area is 177 Å². The summed E-state index contributed by atoms with van der Waals surface area (Å²) in [4.78, 5) is 19.4. The van der Waals surface area contributed by atoms with E-state index in [9.17, 15) is 9.90 Å². The Hall–Kier alpha value is -1.96. The molecule has 2 aliphatic carbocycles. The van der Waals surface area contributed by atoms with Gasteiger partial charge in [0.1, 0.15) is 12.4 Å². The summed E-state index contributed by atoms with van der Waals surface area (Å²) < 4.78 is 1.64. The molecule has 1 aromatic carbocycles. The number of nitrogens with zero attached hydrogens (tertiary/aromatic N) is 4. The van der Waals surface area contributed by atoms with E-state index in [0.717, 1.165) is 31.2 Å². The van der Waals surface area contributed by atoms with Gasteiger partial charge in [0.25, 0.3) is 0 Å². The van der Waals surface area contributed by atoms with Crippen molar-refractivity contribution in [3.63, 3.8) is 0 Å². The van der Waals surface area contributed by atoms with Gasteiger partial charge in [-0.25, -0.2) is 9.67 Å². The molecule has 2 unspecified atom stereocenters. The lowest BCUT2D eigenvalue weighted by Gasteiger charge is -2.26. The van der Waals surface area contributed by atoms with Crippen LogP contribution in [0.5, 0.6) is 0 Å². The van der Waals surface area contributed by atoms with Gasteiger partial charge >= 0.3 is 0 Å². The summed E-state index contributed by atoms with van der Waals surface area (Å²) in [6.45, 7) is 1.99. The fourth-order valence-electron chi connectivity index (χ4n) is 4.83. The third-order valence-electron chi connectivity index (χ3n) is 6.33. The molecule has 1 heterocycles. The van der Waals surface area contributed by atoms with E-state index < -0.39 is 0 Å². The van der Waals surface area contributed by atoms with Gasteiger partial charge in [0, 0.05) is 18.7 Å². The Morgan fingerprint density at radius 3 is 2.45 bits per heavy atom. The number of nitrogens with two attached hydrogens (primary N) is 1. The number of fused-ring (bicyclic) bond motifs is 1. The lowest BCUT2D eigenvalue weighted by atomic mass is 10.0. The Kier molecular flexibility index (Phi) is 6.61. The minimum Gasteiger partial charge on any atom is -0.393 e. The molecule has 7 nitrogen and oxygen atoms in total. The molecule has 8 heteroatoms. The minimum absolute atomic E-state index is 0. The van der Waals surface area contributed by atoms with Crippen LogP contribution in [0.25, 0.3) is 11.4 Å². The smallest absolute Gasteiger partial charge is 0.244 e. The third kappa shape index (κ3) is 4.47. The van der Waals surface area contributed by atoms with Crippen LogP contribution in [-0.4, -0.2) is 49.9 Å². The maximum Gasteiger partial charge on any atom is 0.244 e. The molecule has 0 saturated heterocycles. The van der Waals surface area contributed by atoms with Crippen molar-refractivity contribution in [3.8, 4) is 11.4 Å². The Balaban J connectivity index is 0.00000240. The van der Waals surface area contributed by atoms with Crippen molar-refractivity contribution in [1.29, 1.82) is 0 Å². The summed E-state index contributed by atoms with van der Waals surface area (Å²) in [7, 11) is 1.88. The highest BCUT2D eigenvalue weighted by atomic mass is 35.5. The predicted molar refractivity (Wildman–Crippen MR) is 113 cm³/mol. The van der Waals surface area contributed by atoms with Gasteiger partial charge in [0.2, 0.25) is 5.91 Å². The van der Waals surface area contributed by atoms with Crippen molar-refractivity contribution in [2.24, 2.45) is 17.6 Å². The topological polar surface area (TPSA) is 97.3 Å². The molecule has 3 N–H and O–H groups in total. The molecule has 0 radical (unpaired) electrons. The molecule has 29 heavy (non-hydrogen) atoms. The normalized spacial score (nSPS) is 26.6. The van der Waals surface area contributed by atoms with E-state index in [0.29, 0.717) is 23.5 Å². The molecule has 5 atom stereocenters. The minimum atomic E-state index is -0.310. The van der Waals surface area contributed by atoms with Crippen molar-refractivity contribution >= 4 is 18.3 Å². The van der Waals surface area contributed by atoms with Crippen LogP contribution in [0.1, 0.15) is 44.5 Å². The van der Waals surface area contributed by atoms with Crippen LogP contribution in [0.3, 0.4) is 0 Å². The van der Waals surface area contributed by atoms with Gasteiger partial charge in [-0.15, -0.1) is 12.4 Å². The monoisotopic (exact) mass is 419 g/mol. The number of aliphatic hydroxyl groups is 1. The van der Waals surface area contributed by atoms with Gasteiger partial charge in [0.15, 0.2) is 5.82 Å². The van der Waals surface area contributed by atoms with Crippen LogP contribution in [0, 0.1) is 11.8 Å². The van der Waals surface area contributed by atoms with E-state index in [4.69, 9.17) is 5.73 Å². The van der Waals surface area contributed by atoms with Crippen LogP contribution >= 0.6 is 12.4 Å². The molecule has 2 aromatic rings. The fraction of sp³-hybridized carbons (Fsp3) is 0.571. The van der Waals surface area contributed by atoms with Crippen LogP contribution in [0.2, 0.25) is 0 Å². The summed E-state index contributed by atoms with van der Waals surface area (Å²) in [5.41, 5.74) is 6.99. The number of halogens is 1. The number of likely N-dealkylation sites (N-methyl/N-ethyl adjacent to an activating group) is 1. The van der Waals surface area contributed by atoms with E-state index in [2.05, 4.69) is 10.1 Å². The maximum atomic E-state index is 13.0. The standard InChI is InChI=1S/C21H29N5O2.ClH/c1-13(22)21-23-20(14-6-4-3-5-7-14)24-26(21)12-19(28)25(2)17-8-15-10-18(27)11-16(15)9-17;/h3-7,13,15-18,27H,8-12,22H2,1-2H3;1H/t13-,15-,16+,17?,18?;/m0./s1. The molecule has 2 saturated carbocycles. The third-order valence-corrected chi connectivity index (χ3v) is 6.33.